The molecule has 0 radical (unpaired) electrons. The van der Waals surface area contributed by atoms with Crippen molar-refractivity contribution in [2.24, 2.45) is 5.92 Å². The lowest BCUT2D eigenvalue weighted by Crippen LogP contribution is -2.34. The van der Waals surface area contributed by atoms with Crippen LogP contribution in [0, 0.1) is 5.92 Å². The van der Waals surface area contributed by atoms with E-state index in [-0.39, 0.29) is 0 Å². The molecule has 2 aliphatic rings. The minimum atomic E-state index is 0.629. The highest BCUT2D eigenvalue weighted by Gasteiger charge is 2.23. The summed E-state index contributed by atoms with van der Waals surface area (Å²) in [5.41, 5.74) is 2.55. The lowest BCUT2D eigenvalue weighted by molar-refractivity contribution is 0.224. The van der Waals surface area contributed by atoms with Crippen LogP contribution in [0.5, 0.6) is 0 Å². The lowest BCUT2D eigenvalue weighted by Gasteiger charge is -2.29. The Morgan fingerprint density at radius 1 is 1.44 bits per heavy atom. The summed E-state index contributed by atoms with van der Waals surface area (Å²) in [7, 11) is 0. The smallest absolute Gasteiger partial charge is 0.223 e. The van der Waals surface area contributed by atoms with E-state index in [4.69, 9.17) is 0 Å². The van der Waals surface area contributed by atoms with Gasteiger partial charge in [0, 0.05) is 43.9 Å². The number of aromatic nitrogens is 2. The summed E-state index contributed by atoms with van der Waals surface area (Å²) in [5.74, 6) is 1.55. The number of nitrogens with one attached hydrogen (secondary N) is 1. The van der Waals surface area contributed by atoms with Crippen molar-refractivity contribution < 1.29 is 0 Å². The predicted octanol–water partition coefficient (Wildman–Crippen LogP) is 2.06. The van der Waals surface area contributed by atoms with Crippen LogP contribution in [-0.2, 0) is 13.0 Å². The number of nitrogens with zero attached hydrogens (tertiary/aromatic N) is 3. The molecule has 1 fully saturated rings. The Bertz CT molecular complexity index is 426. The summed E-state index contributed by atoms with van der Waals surface area (Å²) in [5, 5.41) is 3.37. The van der Waals surface area contributed by atoms with E-state index in [2.05, 4.69) is 34.0 Å². The first-order valence-electron chi connectivity index (χ1n) is 7.04. The van der Waals surface area contributed by atoms with E-state index in [9.17, 15) is 0 Å². The standard InChI is InChI=1S/C14H22N4/c1-10(2)8-18-6-5-13-11(9-18)7-15-14(17-13)16-12-3-4-12/h7,10,12H,3-6,8-9H2,1-2H3,(H,15,16,17). The molecular weight excluding hydrogens is 224 g/mol. The zero-order chi connectivity index (χ0) is 12.5. The van der Waals surface area contributed by atoms with Crippen LogP contribution in [0.2, 0.25) is 0 Å². The number of hydrogen-bond donors (Lipinski definition) is 1. The maximum absolute atomic E-state index is 4.66. The number of fused-ring (bicyclic) bond motifs is 1. The molecule has 0 atom stereocenters. The first-order chi connectivity index (χ1) is 8.70. The molecule has 18 heavy (non-hydrogen) atoms. The highest BCUT2D eigenvalue weighted by molar-refractivity contribution is 5.33. The van der Waals surface area contributed by atoms with Crippen molar-refractivity contribution in [3.05, 3.63) is 17.5 Å². The number of hydrogen-bond acceptors (Lipinski definition) is 4. The van der Waals surface area contributed by atoms with Crippen LogP contribution in [-0.4, -0.2) is 34.0 Å². The fourth-order valence-corrected chi connectivity index (χ4v) is 2.53. The summed E-state index contributed by atoms with van der Waals surface area (Å²) in [6.07, 6.45) is 5.61. The molecule has 0 spiro atoms. The third kappa shape index (κ3) is 2.80. The molecule has 1 aromatic rings. The van der Waals surface area contributed by atoms with Crippen molar-refractivity contribution in [2.75, 3.05) is 18.4 Å². The van der Waals surface area contributed by atoms with Crippen LogP contribution >= 0.6 is 0 Å². The van der Waals surface area contributed by atoms with Crippen LogP contribution in [0.15, 0.2) is 6.20 Å². The molecule has 4 nitrogen and oxygen atoms in total. The number of anilines is 1. The predicted molar refractivity (Wildman–Crippen MR) is 72.5 cm³/mol. The molecule has 0 saturated heterocycles. The SMILES string of the molecule is CC(C)CN1CCc2nc(NC3CC3)ncc2C1. The van der Waals surface area contributed by atoms with Gasteiger partial charge in [-0.05, 0) is 18.8 Å². The van der Waals surface area contributed by atoms with Gasteiger partial charge in [0.2, 0.25) is 5.95 Å². The van der Waals surface area contributed by atoms with Crippen LogP contribution < -0.4 is 5.32 Å². The van der Waals surface area contributed by atoms with Crippen molar-refractivity contribution in [3.8, 4) is 0 Å². The van der Waals surface area contributed by atoms with Gasteiger partial charge in [-0.25, -0.2) is 9.97 Å². The van der Waals surface area contributed by atoms with Gasteiger partial charge in [-0.2, -0.15) is 0 Å². The zero-order valence-corrected chi connectivity index (χ0v) is 11.3. The van der Waals surface area contributed by atoms with Crippen molar-refractivity contribution >= 4 is 5.95 Å². The van der Waals surface area contributed by atoms with Gasteiger partial charge in [-0.3, -0.25) is 4.90 Å². The average Bonchev–Trinajstić information content (AvgIpc) is 3.12. The molecular formula is C14H22N4. The highest BCUT2D eigenvalue weighted by Crippen LogP contribution is 2.24. The van der Waals surface area contributed by atoms with Gasteiger partial charge < -0.3 is 5.32 Å². The van der Waals surface area contributed by atoms with Gasteiger partial charge in [0.05, 0.1) is 5.69 Å². The van der Waals surface area contributed by atoms with E-state index in [1.165, 1.54) is 30.6 Å². The summed E-state index contributed by atoms with van der Waals surface area (Å²) in [4.78, 5) is 11.6. The molecule has 0 unspecified atom stereocenters. The van der Waals surface area contributed by atoms with Crippen molar-refractivity contribution in [1.29, 1.82) is 0 Å². The second-order valence-corrected chi connectivity index (χ2v) is 5.96. The van der Waals surface area contributed by atoms with Gasteiger partial charge in [0.1, 0.15) is 0 Å². The molecule has 2 heterocycles. The van der Waals surface area contributed by atoms with Gasteiger partial charge in [0.25, 0.3) is 0 Å². The molecule has 1 aliphatic carbocycles. The maximum atomic E-state index is 4.66. The molecule has 3 rings (SSSR count). The summed E-state index contributed by atoms with van der Waals surface area (Å²) >= 11 is 0. The van der Waals surface area contributed by atoms with Gasteiger partial charge >= 0.3 is 0 Å². The maximum Gasteiger partial charge on any atom is 0.223 e. The van der Waals surface area contributed by atoms with Crippen LogP contribution in [0.1, 0.15) is 37.9 Å². The largest absolute Gasteiger partial charge is 0.351 e. The summed E-state index contributed by atoms with van der Waals surface area (Å²) in [6, 6.07) is 0.629. The van der Waals surface area contributed by atoms with Gasteiger partial charge in [-0.1, -0.05) is 13.8 Å². The molecule has 1 saturated carbocycles. The molecule has 0 amide bonds. The van der Waals surface area contributed by atoms with Crippen LogP contribution in [0.3, 0.4) is 0 Å². The Kier molecular flexibility index (Phi) is 3.20. The molecule has 98 valence electrons. The zero-order valence-electron chi connectivity index (χ0n) is 11.3. The molecule has 1 aromatic heterocycles. The fraction of sp³-hybridized carbons (Fsp3) is 0.714. The van der Waals surface area contributed by atoms with E-state index >= 15 is 0 Å². The van der Waals surface area contributed by atoms with Gasteiger partial charge in [-0.15, -0.1) is 0 Å². The van der Waals surface area contributed by atoms with Crippen LogP contribution in [0.25, 0.3) is 0 Å². The minimum absolute atomic E-state index is 0.629. The van der Waals surface area contributed by atoms with Gasteiger partial charge in [0.15, 0.2) is 0 Å². The first kappa shape index (κ1) is 11.9. The summed E-state index contributed by atoms with van der Waals surface area (Å²) in [6.45, 7) is 7.85. The Morgan fingerprint density at radius 3 is 3.00 bits per heavy atom. The summed E-state index contributed by atoms with van der Waals surface area (Å²) < 4.78 is 0. The van der Waals surface area contributed by atoms with E-state index < -0.39 is 0 Å². The molecule has 0 bridgehead atoms. The monoisotopic (exact) mass is 246 g/mol. The average molecular weight is 246 g/mol. The third-order valence-electron chi connectivity index (χ3n) is 3.55. The minimum Gasteiger partial charge on any atom is -0.351 e. The fourth-order valence-electron chi connectivity index (χ4n) is 2.53. The van der Waals surface area contributed by atoms with Crippen molar-refractivity contribution in [2.45, 2.75) is 45.7 Å². The van der Waals surface area contributed by atoms with Crippen molar-refractivity contribution in [1.82, 2.24) is 14.9 Å². The normalized spacial score (nSPS) is 19.9. The third-order valence-corrected chi connectivity index (χ3v) is 3.55. The quantitative estimate of drug-likeness (QED) is 0.883. The van der Waals surface area contributed by atoms with E-state index in [0.29, 0.717) is 6.04 Å². The topological polar surface area (TPSA) is 41.1 Å². The number of rotatable bonds is 4. The van der Waals surface area contributed by atoms with E-state index in [1.807, 2.05) is 6.20 Å². The Balaban J connectivity index is 1.68. The molecule has 4 heteroatoms. The lowest BCUT2D eigenvalue weighted by atomic mass is 10.1. The highest BCUT2D eigenvalue weighted by atomic mass is 15.2. The van der Waals surface area contributed by atoms with Crippen molar-refractivity contribution in [3.63, 3.8) is 0 Å². The first-order valence-corrected chi connectivity index (χ1v) is 7.04. The van der Waals surface area contributed by atoms with E-state index in [1.54, 1.807) is 0 Å². The van der Waals surface area contributed by atoms with E-state index in [0.717, 1.165) is 31.4 Å². The second-order valence-electron chi connectivity index (χ2n) is 5.96. The Morgan fingerprint density at radius 2 is 2.28 bits per heavy atom. The Hall–Kier alpha value is -1.16. The van der Waals surface area contributed by atoms with Crippen LogP contribution in [0.4, 0.5) is 5.95 Å². The molecule has 1 aliphatic heterocycles. The molecule has 0 aromatic carbocycles. The molecule has 1 N–H and O–H groups in total. The Labute approximate surface area is 109 Å². The second kappa shape index (κ2) is 4.84.